The molecule has 8 heteroatoms. The van der Waals surface area contributed by atoms with Crippen molar-refractivity contribution in [2.24, 2.45) is 7.05 Å². The van der Waals surface area contributed by atoms with E-state index in [2.05, 4.69) is 14.9 Å². The molecule has 0 saturated heterocycles. The van der Waals surface area contributed by atoms with E-state index in [4.69, 9.17) is 4.74 Å². The van der Waals surface area contributed by atoms with E-state index in [9.17, 15) is 9.59 Å². The number of aromatic amines is 1. The molecule has 1 aromatic carbocycles. The van der Waals surface area contributed by atoms with Gasteiger partial charge in [0, 0.05) is 25.8 Å². The summed E-state index contributed by atoms with van der Waals surface area (Å²) >= 11 is 0. The minimum atomic E-state index is -0.458. The third-order valence-electron chi connectivity index (χ3n) is 4.45. The van der Waals surface area contributed by atoms with E-state index < -0.39 is 11.2 Å². The second-order valence-corrected chi connectivity index (χ2v) is 5.99. The van der Waals surface area contributed by atoms with Crippen LogP contribution in [0.5, 0.6) is 5.75 Å². The average Bonchev–Trinajstić information content (AvgIpc) is 3.01. The number of rotatable bonds is 3. The van der Waals surface area contributed by atoms with Gasteiger partial charge in [-0.25, -0.2) is 4.79 Å². The Labute approximate surface area is 143 Å². The Hall–Kier alpha value is -3.03. The Kier molecular flexibility index (Phi) is 3.60. The molecule has 0 radical (unpaired) electrons. The molecule has 25 heavy (non-hydrogen) atoms. The molecule has 3 aromatic rings. The first kappa shape index (κ1) is 15.5. The maximum Gasteiger partial charge on any atom is 0.329 e. The molecule has 0 bridgehead atoms. The number of hydrogen-bond donors (Lipinski definition) is 1. The zero-order valence-corrected chi connectivity index (χ0v) is 14.2. The predicted octanol–water partition coefficient (Wildman–Crippen LogP) is 1.36. The number of aromatic nitrogens is 4. The lowest BCUT2D eigenvalue weighted by Crippen LogP contribution is -2.31. The zero-order valence-electron chi connectivity index (χ0n) is 14.2. The topological polar surface area (TPSA) is 85.2 Å². The van der Waals surface area contributed by atoms with Crippen LogP contribution >= 0.6 is 0 Å². The number of H-pyrrole nitrogens is 1. The highest BCUT2D eigenvalue weighted by Gasteiger charge is 2.25. The Morgan fingerprint density at radius 1 is 1.20 bits per heavy atom. The fourth-order valence-electron chi connectivity index (χ4n) is 3.26. The van der Waals surface area contributed by atoms with Gasteiger partial charge in [0.25, 0.3) is 5.56 Å². The SMILES string of the molecule is CCOc1ccc(N2CCCn3c2nc2c3c(=O)[nH]c(=O)n2C)cc1. The molecule has 1 aliphatic heterocycles. The third kappa shape index (κ3) is 2.41. The molecule has 0 saturated carbocycles. The standard InChI is InChI=1S/C17H19N5O3/c1-3-25-12-7-5-11(6-8-12)21-9-4-10-22-13-14(18-16(21)22)20(2)17(24)19-15(13)23/h5-8H,3-4,9-10H2,1-2H3,(H,19,23,24). The molecule has 4 rings (SSSR count). The highest BCUT2D eigenvalue weighted by atomic mass is 16.5. The van der Waals surface area contributed by atoms with Gasteiger partial charge >= 0.3 is 5.69 Å². The highest BCUT2D eigenvalue weighted by Crippen LogP contribution is 2.31. The molecule has 1 N–H and O–H groups in total. The molecule has 0 atom stereocenters. The number of nitrogens with one attached hydrogen (secondary N) is 1. The summed E-state index contributed by atoms with van der Waals surface area (Å²) in [6, 6.07) is 7.79. The third-order valence-corrected chi connectivity index (χ3v) is 4.45. The molecule has 130 valence electrons. The molecule has 1 aliphatic rings. The van der Waals surface area contributed by atoms with Crippen molar-refractivity contribution in [3.63, 3.8) is 0 Å². The van der Waals surface area contributed by atoms with Gasteiger partial charge < -0.3 is 14.2 Å². The van der Waals surface area contributed by atoms with E-state index in [1.807, 2.05) is 35.8 Å². The van der Waals surface area contributed by atoms with Crippen LogP contribution in [-0.4, -0.2) is 32.3 Å². The van der Waals surface area contributed by atoms with Gasteiger partial charge in [-0.3, -0.25) is 14.3 Å². The number of hydrogen-bond acceptors (Lipinski definition) is 5. The summed E-state index contributed by atoms with van der Waals surface area (Å²) in [5.41, 5.74) is 0.960. The second-order valence-electron chi connectivity index (χ2n) is 5.99. The Morgan fingerprint density at radius 2 is 1.96 bits per heavy atom. The van der Waals surface area contributed by atoms with Crippen molar-refractivity contribution in [3.05, 3.63) is 45.1 Å². The smallest absolute Gasteiger partial charge is 0.329 e. The molecule has 0 fully saturated rings. The molecule has 2 aromatic heterocycles. The molecule has 0 spiro atoms. The summed E-state index contributed by atoms with van der Waals surface area (Å²) in [5, 5.41) is 0. The minimum absolute atomic E-state index is 0.398. The molecular weight excluding hydrogens is 322 g/mol. The zero-order chi connectivity index (χ0) is 17.6. The van der Waals surface area contributed by atoms with E-state index in [-0.39, 0.29) is 0 Å². The van der Waals surface area contributed by atoms with Crippen LogP contribution in [0.1, 0.15) is 13.3 Å². The van der Waals surface area contributed by atoms with E-state index >= 15 is 0 Å². The van der Waals surface area contributed by atoms with Gasteiger partial charge in [-0.05, 0) is 37.6 Å². The largest absolute Gasteiger partial charge is 0.494 e. The van der Waals surface area contributed by atoms with Gasteiger partial charge in [0.15, 0.2) is 11.2 Å². The molecule has 0 unspecified atom stereocenters. The number of fused-ring (bicyclic) bond motifs is 3. The lowest BCUT2D eigenvalue weighted by Gasteiger charge is -2.29. The van der Waals surface area contributed by atoms with E-state index in [1.54, 1.807) is 7.05 Å². The maximum atomic E-state index is 12.3. The second kappa shape index (κ2) is 5.80. The van der Waals surface area contributed by atoms with Crippen LogP contribution in [-0.2, 0) is 13.6 Å². The quantitative estimate of drug-likeness (QED) is 0.777. The van der Waals surface area contributed by atoms with Gasteiger partial charge in [0.2, 0.25) is 5.95 Å². The monoisotopic (exact) mass is 341 g/mol. The number of aryl methyl sites for hydroxylation is 2. The van der Waals surface area contributed by atoms with E-state index in [0.717, 1.165) is 24.4 Å². The summed E-state index contributed by atoms with van der Waals surface area (Å²) in [5.74, 6) is 1.49. The first-order valence-electron chi connectivity index (χ1n) is 8.30. The first-order chi connectivity index (χ1) is 12.1. The fraction of sp³-hybridized carbons (Fsp3) is 0.353. The van der Waals surface area contributed by atoms with Crippen LogP contribution in [0.3, 0.4) is 0 Å². The number of ether oxygens (including phenoxy) is 1. The minimum Gasteiger partial charge on any atom is -0.494 e. The average molecular weight is 341 g/mol. The summed E-state index contributed by atoms with van der Waals surface area (Å²) in [7, 11) is 1.61. The van der Waals surface area contributed by atoms with Gasteiger partial charge in [-0.1, -0.05) is 0 Å². The molecule has 3 heterocycles. The molecule has 0 aliphatic carbocycles. The van der Waals surface area contributed by atoms with Crippen molar-refractivity contribution in [3.8, 4) is 5.75 Å². The fourth-order valence-corrected chi connectivity index (χ4v) is 3.26. The Morgan fingerprint density at radius 3 is 2.68 bits per heavy atom. The van der Waals surface area contributed by atoms with Gasteiger partial charge in [0.1, 0.15) is 5.75 Å². The van der Waals surface area contributed by atoms with Crippen LogP contribution in [0.15, 0.2) is 33.9 Å². The van der Waals surface area contributed by atoms with Gasteiger partial charge in [0.05, 0.1) is 6.61 Å². The number of anilines is 2. The van der Waals surface area contributed by atoms with Crippen molar-refractivity contribution in [1.29, 1.82) is 0 Å². The van der Waals surface area contributed by atoms with Gasteiger partial charge in [-0.2, -0.15) is 4.98 Å². The predicted molar refractivity (Wildman–Crippen MR) is 94.8 cm³/mol. The Bertz CT molecular complexity index is 1050. The maximum absolute atomic E-state index is 12.3. The number of imidazole rings is 1. The lowest BCUT2D eigenvalue weighted by molar-refractivity contribution is 0.340. The number of benzene rings is 1. The molecule has 0 amide bonds. The lowest BCUT2D eigenvalue weighted by atomic mass is 10.2. The Balaban J connectivity index is 1.86. The normalized spacial score (nSPS) is 13.9. The highest BCUT2D eigenvalue weighted by molar-refractivity contribution is 5.76. The van der Waals surface area contributed by atoms with Crippen molar-refractivity contribution in [2.75, 3.05) is 18.1 Å². The van der Waals surface area contributed by atoms with E-state index in [0.29, 0.717) is 30.3 Å². The number of nitrogens with zero attached hydrogens (tertiary/aromatic N) is 4. The van der Waals surface area contributed by atoms with Crippen LogP contribution in [0.25, 0.3) is 11.2 Å². The van der Waals surface area contributed by atoms with Crippen LogP contribution in [0.4, 0.5) is 11.6 Å². The van der Waals surface area contributed by atoms with Crippen molar-refractivity contribution in [2.45, 2.75) is 19.9 Å². The first-order valence-corrected chi connectivity index (χ1v) is 8.30. The van der Waals surface area contributed by atoms with Crippen LogP contribution < -0.4 is 20.9 Å². The van der Waals surface area contributed by atoms with Crippen LogP contribution in [0, 0.1) is 0 Å². The van der Waals surface area contributed by atoms with Crippen molar-refractivity contribution < 1.29 is 4.74 Å². The summed E-state index contributed by atoms with van der Waals surface area (Å²) < 4.78 is 8.74. The summed E-state index contributed by atoms with van der Waals surface area (Å²) in [4.78, 5) is 33.1. The van der Waals surface area contributed by atoms with E-state index in [1.165, 1.54) is 4.57 Å². The summed E-state index contributed by atoms with van der Waals surface area (Å²) in [6.45, 7) is 4.06. The summed E-state index contributed by atoms with van der Waals surface area (Å²) in [6.07, 6.45) is 0.883. The molecular formula is C17H19N5O3. The van der Waals surface area contributed by atoms with Crippen LogP contribution in [0.2, 0.25) is 0 Å². The van der Waals surface area contributed by atoms with Crippen molar-refractivity contribution >= 4 is 22.8 Å². The van der Waals surface area contributed by atoms with Crippen molar-refractivity contribution in [1.82, 2.24) is 19.1 Å². The van der Waals surface area contributed by atoms with Gasteiger partial charge in [-0.15, -0.1) is 0 Å². The molecule has 8 nitrogen and oxygen atoms in total.